The molecule has 0 N–H and O–H groups in total. The van der Waals surface area contributed by atoms with E-state index in [0.29, 0.717) is 5.69 Å². The van der Waals surface area contributed by atoms with Crippen LogP contribution in [0.5, 0.6) is 0 Å². The highest BCUT2D eigenvalue weighted by molar-refractivity contribution is 7.13. The van der Waals surface area contributed by atoms with Crippen LogP contribution < -0.4 is 4.90 Å². The molecular weight excluding hydrogens is 441 g/mol. The molecule has 0 aliphatic carbocycles. The Kier molecular flexibility index (Phi) is 5.90. The van der Waals surface area contributed by atoms with Crippen LogP contribution >= 0.6 is 34.5 Å². The zero-order valence-electron chi connectivity index (χ0n) is 15.3. The highest BCUT2D eigenvalue weighted by atomic mass is 35.5. The second-order valence-corrected chi connectivity index (χ2v) is 7.89. The first-order valence-electron chi connectivity index (χ1n) is 8.81. The molecule has 2 aromatic carbocycles. The standard InChI is InChI=1S/C22H13Cl2N3O2S/c23-16-8-3-1-6-14(16)20(28)27(21(29)15-7-2-4-9-17(15)24)22-25-12-11-18(26-22)19-10-5-13-30-19/h1-13H. The van der Waals surface area contributed by atoms with Gasteiger partial charge in [0, 0.05) is 6.20 Å². The molecule has 30 heavy (non-hydrogen) atoms. The van der Waals surface area contributed by atoms with Gasteiger partial charge in [-0.05, 0) is 41.8 Å². The molecule has 0 saturated carbocycles. The maximum Gasteiger partial charge on any atom is 0.269 e. The lowest BCUT2D eigenvalue weighted by Crippen LogP contribution is -2.38. The van der Waals surface area contributed by atoms with Crippen molar-refractivity contribution in [3.63, 3.8) is 0 Å². The average molecular weight is 454 g/mol. The molecule has 0 aliphatic rings. The summed E-state index contributed by atoms with van der Waals surface area (Å²) in [6.45, 7) is 0. The molecule has 2 heterocycles. The third-order valence-corrected chi connectivity index (χ3v) is 5.78. The van der Waals surface area contributed by atoms with Crippen LogP contribution in [0.25, 0.3) is 10.6 Å². The number of carbonyl (C=O) groups is 2. The largest absolute Gasteiger partial charge is 0.269 e. The molecule has 0 bridgehead atoms. The van der Waals surface area contributed by atoms with Crippen LogP contribution in [-0.4, -0.2) is 21.8 Å². The summed E-state index contributed by atoms with van der Waals surface area (Å²) in [6.07, 6.45) is 1.50. The number of nitrogens with zero attached hydrogens (tertiary/aromatic N) is 3. The van der Waals surface area contributed by atoms with Gasteiger partial charge in [-0.2, -0.15) is 0 Å². The molecule has 2 aromatic heterocycles. The quantitative estimate of drug-likeness (QED) is 0.355. The Labute approximate surface area is 186 Å². The Morgan fingerprint density at radius 2 is 1.40 bits per heavy atom. The molecule has 4 rings (SSSR count). The summed E-state index contributed by atoms with van der Waals surface area (Å²) in [5.74, 6) is -1.35. The van der Waals surface area contributed by atoms with Crippen molar-refractivity contribution in [2.45, 2.75) is 0 Å². The minimum atomic E-state index is -0.645. The predicted octanol–water partition coefficient (Wildman–Crippen LogP) is 6.00. The first-order chi connectivity index (χ1) is 14.6. The SMILES string of the molecule is O=C(c1ccccc1Cl)N(C(=O)c1ccccc1Cl)c1nccc(-c2cccs2)n1. The van der Waals surface area contributed by atoms with Gasteiger partial charge in [0.15, 0.2) is 0 Å². The van der Waals surface area contributed by atoms with Crippen molar-refractivity contribution in [1.82, 2.24) is 9.97 Å². The zero-order chi connectivity index (χ0) is 21.1. The number of anilines is 1. The Hall–Kier alpha value is -3.06. The van der Waals surface area contributed by atoms with E-state index in [9.17, 15) is 9.59 Å². The number of carbonyl (C=O) groups excluding carboxylic acids is 2. The maximum absolute atomic E-state index is 13.4. The summed E-state index contributed by atoms with van der Waals surface area (Å²) in [7, 11) is 0. The fourth-order valence-electron chi connectivity index (χ4n) is 2.80. The van der Waals surface area contributed by atoms with E-state index in [1.54, 1.807) is 54.6 Å². The van der Waals surface area contributed by atoms with Crippen molar-refractivity contribution in [3.8, 4) is 10.6 Å². The number of imide groups is 1. The number of hydrogen-bond donors (Lipinski definition) is 0. The number of rotatable bonds is 4. The van der Waals surface area contributed by atoms with E-state index in [1.807, 2.05) is 17.5 Å². The summed E-state index contributed by atoms with van der Waals surface area (Å²) < 4.78 is 0. The molecule has 0 atom stereocenters. The normalized spacial score (nSPS) is 10.6. The number of amides is 2. The van der Waals surface area contributed by atoms with Gasteiger partial charge in [-0.3, -0.25) is 9.59 Å². The first-order valence-corrected chi connectivity index (χ1v) is 10.4. The van der Waals surface area contributed by atoms with Crippen molar-refractivity contribution in [2.75, 3.05) is 4.90 Å². The van der Waals surface area contributed by atoms with E-state index in [0.717, 1.165) is 9.78 Å². The van der Waals surface area contributed by atoms with E-state index < -0.39 is 11.8 Å². The van der Waals surface area contributed by atoms with Gasteiger partial charge in [-0.1, -0.05) is 53.5 Å². The van der Waals surface area contributed by atoms with Crippen LogP contribution in [0.2, 0.25) is 10.0 Å². The van der Waals surface area contributed by atoms with Crippen molar-refractivity contribution in [2.24, 2.45) is 0 Å². The molecule has 0 radical (unpaired) electrons. The van der Waals surface area contributed by atoms with Crippen LogP contribution in [0.15, 0.2) is 78.3 Å². The van der Waals surface area contributed by atoms with Gasteiger partial charge in [-0.15, -0.1) is 11.3 Å². The van der Waals surface area contributed by atoms with Crippen molar-refractivity contribution < 1.29 is 9.59 Å². The van der Waals surface area contributed by atoms with Gasteiger partial charge in [0.05, 0.1) is 31.7 Å². The highest BCUT2D eigenvalue weighted by Crippen LogP contribution is 2.27. The molecule has 8 heteroatoms. The molecule has 0 unspecified atom stereocenters. The topological polar surface area (TPSA) is 63.2 Å². The van der Waals surface area contributed by atoms with E-state index in [4.69, 9.17) is 23.2 Å². The van der Waals surface area contributed by atoms with Crippen LogP contribution in [0, 0.1) is 0 Å². The minimum absolute atomic E-state index is 0.0595. The Morgan fingerprint density at radius 1 is 0.800 bits per heavy atom. The average Bonchev–Trinajstić information content (AvgIpc) is 3.30. The minimum Gasteiger partial charge on any atom is -0.268 e. The fraction of sp³-hybridized carbons (Fsp3) is 0. The van der Waals surface area contributed by atoms with Crippen LogP contribution in [0.4, 0.5) is 5.95 Å². The monoisotopic (exact) mass is 453 g/mol. The predicted molar refractivity (Wildman–Crippen MR) is 119 cm³/mol. The van der Waals surface area contributed by atoms with E-state index in [2.05, 4.69) is 9.97 Å². The third-order valence-electron chi connectivity index (χ3n) is 4.23. The smallest absolute Gasteiger partial charge is 0.268 e. The molecule has 0 saturated heterocycles. The molecule has 4 aromatic rings. The molecule has 0 fully saturated rings. The molecule has 148 valence electrons. The lowest BCUT2D eigenvalue weighted by Gasteiger charge is -2.20. The van der Waals surface area contributed by atoms with Gasteiger partial charge >= 0.3 is 0 Å². The van der Waals surface area contributed by atoms with Gasteiger partial charge < -0.3 is 0 Å². The molecule has 0 aliphatic heterocycles. The highest BCUT2D eigenvalue weighted by Gasteiger charge is 2.30. The summed E-state index contributed by atoms with van der Waals surface area (Å²) in [5, 5.41) is 2.35. The molecular formula is C22H13Cl2N3O2S. The maximum atomic E-state index is 13.4. The number of aromatic nitrogens is 2. The zero-order valence-corrected chi connectivity index (χ0v) is 17.7. The van der Waals surface area contributed by atoms with Gasteiger partial charge in [0.25, 0.3) is 11.8 Å². The lowest BCUT2D eigenvalue weighted by molar-refractivity contribution is 0.0895. The molecule has 5 nitrogen and oxygen atoms in total. The van der Waals surface area contributed by atoms with E-state index in [1.165, 1.54) is 17.5 Å². The van der Waals surface area contributed by atoms with Crippen LogP contribution in [-0.2, 0) is 0 Å². The summed E-state index contributed by atoms with van der Waals surface area (Å²) >= 11 is 13.9. The van der Waals surface area contributed by atoms with E-state index >= 15 is 0 Å². The first kappa shape index (κ1) is 20.2. The lowest BCUT2D eigenvalue weighted by atomic mass is 10.1. The second kappa shape index (κ2) is 8.75. The third kappa shape index (κ3) is 3.98. The Bertz CT molecular complexity index is 1170. The van der Waals surface area contributed by atoms with E-state index in [-0.39, 0.29) is 27.1 Å². The number of halogens is 2. The number of thiophene rings is 1. The number of benzene rings is 2. The molecule has 2 amide bonds. The van der Waals surface area contributed by atoms with Crippen LogP contribution in [0.1, 0.15) is 20.7 Å². The summed E-state index contributed by atoms with van der Waals surface area (Å²) in [6, 6.07) is 18.5. The van der Waals surface area contributed by atoms with Crippen molar-refractivity contribution in [1.29, 1.82) is 0 Å². The summed E-state index contributed by atoms with van der Waals surface area (Å²) in [5.41, 5.74) is 0.910. The Morgan fingerprint density at radius 3 is 1.93 bits per heavy atom. The van der Waals surface area contributed by atoms with Crippen LogP contribution in [0.3, 0.4) is 0 Å². The summed E-state index contributed by atoms with van der Waals surface area (Å²) in [4.78, 5) is 37.2. The van der Waals surface area contributed by atoms with Gasteiger partial charge in [-0.25, -0.2) is 14.9 Å². The number of hydrogen-bond acceptors (Lipinski definition) is 5. The van der Waals surface area contributed by atoms with Gasteiger partial charge in [0.2, 0.25) is 5.95 Å². The fourth-order valence-corrected chi connectivity index (χ4v) is 3.93. The van der Waals surface area contributed by atoms with Gasteiger partial charge in [0.1, 0.15) is 0 Å². The van der Waals surface area contributed by atoms with Crippen molar-refractivity contribution >= 4 is 52.3 Å². The second-order valence-electron chi connectivity index (χ2n) is 6.12. The van der Waals surface area contributed by atoms with Crippen molar-refractivity contribution in [3.05, 3.63) is 99.5 Å². The molecule has 0 spiro atoms. The Balaban J connectivity index is 1.85.